The van der Waals surface area contributed by atoms with Gasteiger partial charge in [-0.05, 0) is 67.2 Å². The van der Waals surface area contributed by atoms with Gasteiger partial charge in [-0.1, -0.05) is 123 Å². The Hall–Kier alpha value is -0.960. The molecule has 0 radical (unpaired) electrons. The van der Waals surface area contributed by atoms with Crippen molar-refractivity contribution in [2.75, 3.05) is 12.4 Å². The number of hydrogen-bond acceptors (Lipinski definition) is 3. The van der Waals surface area contributed by atoms with E-state index in [0.29, 0.717) is 12.4 Å². The third-order valence-corrected chi connectivity index (χ3v) is 8.43. The third kappa shape index (κ3) is 16.6. The molecule has 214 valence electrons. The Morgan fingerprint density at radius 3 is 1.62 bits per heavy atom. The molecular weight excluding hydrogens is 472 g/mol. The van der Waals surface area contributed by atoms with Gasteiger partial charge in [0.1, 0.15) is 0 Å². The molecule has 0 spiro atoms. The molecule has 37 heavy (non-hydrogen) atoms. The van der Waals surface area contributed by atoms with Gasteiger partial charge in [-0.15, -0.1) is 11.8 Å². The standard InChI is InChI=1S/C34H60O2S/c1-5-9-13-14-15-16-17-18-19-20-21-27-36-34(35)29-37-28-31-26-25-30(22-10-6-2)32(23-11-7-3)33(31)24-12-8-4/h25-26H,5-24,27-29H2,1-4H3. The van der Waals surface area contributed by atoms with Crippen molar-refractivity contribution in [3.63, 3.8) is 0 Å². The number of thioether (sulfide) groups is 1. The molecule has 1 aromatic rings. The van der Waals surface area contributed by atoms with Crippen molar-refractivity contribution >= 4 is 17.7 Å². The Morgan fingerprint density at radius 1 is 0.595 bits per heavy atom. The van der Waals surface area contributed by atoms with E-state index in [4.69, 9.17) is 4.74 Å². The molecule has 0 atom stereocenters. The van der Waals surface area contributed by atoms with Crippen molar-refractivity contribution < 1.29 is 9.53 Å². The van der Waals surface area contributed by atoms with E-state index in [0.717, 1.165) is 12.2 Å². The second-order valence-corrected chi connectivity index (χ2v) is 11.9. The summed E-state index contributed by atoms with van der Waals surface area (Å²) in [5, 5.41) is 0. The lowest BCUT2D eigenvalue weighted by atomic mass is 9.88. The number of carbonyl (C=O) groups excluding carboxylic acids is 1. The molecule has 0 aliphatic heterocycles. The summed E-state index contributed by atoms with van der Waals surface area (Å²) < 4.78 is 5.54. The van der Waals surface area contributed by atoms with E-state index in [-0.39, 0.29) is 5.97 Å². The monoisotopic (exact) mass is 532 g/mol. The van der Waals surface area contributed by atoms with E-state index in [1.807, 2.05) is 0 Å². The zero-order valence-electron chi connectivity index (χ0n) is 25.1. The summed E-state index contributed by atoms with van der Waals surface area (Å²) in [5.41, 5.74) is 6.23. The van der Waals surface area contributed by atoms with Crippen LogP contribution < -0.4 is 0 Å². The van der Waals surface area contributed by atoms with Crippen molar-refractivity contribution in [3.05, 3.63) is 34.4 Å². The number of benzene rings is 1. The van der Waals surface area contributed by atoms with E-state index >= 15 is 0 Å². The molecule has 0 bridgehead atoms. The third-order valence-electron chi connectivity index (χ3n) is 7.47. The molecule has 0 saturated heterocycles. The Morgan fingerprint density at radius 2 is 1.05 bits per heavy atom. The molecule has 0 fully saturated rings. The molecule has 0 N–H and O–H groups in total. The minimum Gasteiger partial charge on any atom is -0.465 e. The van der Waals surface area contributed by atoms with Gasteiger partial charge in [-0.3, -0.25) is 4.79 Å². The Labute approximate surface area is 235 Å². The highest BCUT2D eigenvalue weighted by Crippen LogP contribution is 2.28. The number of aryl methyl sites for hydroxylation is 1. The molecule has 0 aliphatic rings. The smallest absolute Gasteiger partial charge is 0.315 e. The summed E-state index contributed by atoms with van der Waals surface area (Å²) in [7, 11) is 0. The van der Waals surface area contributed by atoms with Crippen LogP contribution in [0.2, 0.25) is 0 Å². The molecule has 0 amide bonds. The summed E-state index contributed by atoms with van der Waals surface area (Å²) in [4.78, 5) is 12.3. The molecule has 0 unspecified atom stereocenters. The topological polar surface area (TPSA) is 26.3 Å². The normalized spacial score (nSPS) is 11.2. The Kier molecular flexibility index (Phi) is 22.2. The van der Waals surface area contributed by atoms with E-state index in [1.165, 1.54) is 128 Å². The number of esters is 1. The van der Waals surface area contributed by atoms with Gasteiger partial charge in [0.05, 0.1) is 12.4 Å². The zero-order valence-corrected chi connectivity index (χ0v) is 26.0. The Balaban J connectivity index is 2.37. The van der Waals surface area contributed by atoms with Crippen LogP contribution in [0.4, 0.5) is 0 Å². The number of carbonyl (C=O) groups is 1. The maximum Gasteiger partial charge on any atom is 0.315 e. The maximum atomic E-state index is 12.3. The molecule has 0 saturated carbocycles. The first-order valence-corrected chi connectivity index (χ1v) is 17.2. The van der Waals surface area contributed by atoms with Crippen LogP contribution in [0.15, 0.2) is 12.1 Å². The summed E-state index contributed by atoms with van der Waals surface area (Å²) in [5.74, 6) is 1.34. The van der Waals surface area contributed by atoms with Crippen LogP contribution in [-0.4, -0.2) is 18.3 Å². The quantitative estimate of drug-likeness (QED) is 0.0925. The van der Waals surface area contributed by atoms with Crippen LogP contribution in [-0.2, 0) is 34.5 Å². The minimum absolute atomic E-state index is 0.0436. The summed E-state index contributed by atoms with van der Waals surface area (Å²) >= 11 is 1.73. The molecule has 1 rings (SSSR count). The van der Waals surface area contributed by atoms with E-state index in [9.17, 15) is 4.79 Å². The van der Waals surface area contributed by atoms with Crippen LogP contribution >= 0.6 is 11.8 Å². The number of rotatable bonds is 25. The fraction of sp³-hybridized carbons (Fsp3) is 0.794. The molecule has 1 aromatic carbocycles. The SMILES string of the molecule is CCCCCCCCCCCCCOC(=O)CSCc1ccc(CCCC)c(CCCC)c1CCCC. The van der Waals surface area contributed by atoms with Gasteiger partial charge < -0.3 is 4.74 Å². The number of unbranched alkanes of at least 4 members (excludes halogenated alkanes) is 13. The van der Waals surface area contributed by atoms with E-state index < -0.39 is 0 Å². The lowest BCUT2D eigenvalue weighted by molar-refractivity contribution is -0.140. The first kappa shape index (κ1) is 34.1. The van der Waals surface area contributed by atoms with Crippen LogP contribution in [0, 0.1) is 0 Å². The van der Waals surface area contributed by atoms with Crippen LogP contribution in [0.1, 0.15) is 159 Å². The molecule has 2 nitrogen and oxygen atoms in total. The molecule has 0 aliphatic carbocycles. The highest BCUT2D eigenvalue weighted by atomic mass is 32.2. The summed E-state index contributed by atoms with van der Waals surface area (Å²) in [6, 6.07) is 4.74. The van der Waals surface area contributed by atoms with Gasteiger partial charge >= 0.3 is 5.97 Å². The van der Waals surface area contributed by atoms with Gasteiger partial charge in [0.25, 0.3) is 0 Å². The summed E-state index contributed by atoms with van der Waals surface area (Å²) in [6.07, 6.45) is 25.6. The Bertz CT molecular complexity index is 685. The fourth-order valence-corrected chi connectivity index (χ4v) is 5.94. The van der Waals surface area contributed by atoms with Gasteiger partial charge in [0.2, 0.25) is 0 Å². The first-order chi connectivity index (χ1) is 18.2. The molecule has 3 heteroatoms. The highest BCUT2D eigenvalue weighted by molar-refractivity contribution is 7.99. The average molecular weight is 533 g/mol. The fourth-order valence-electron chi connectivity index (χ4n) is 5.09. The minimum atomic E-state index is -0.0436. The van der Waals surface area contributed by atoms with Gasteiger partial charge in [-0.2, -0.15) is 0 Å². The van der Waals surface area contributed by atoms with Crippen LogP contribution in [0.3, 0.4) is 0 Å². The number of ether oxygens (including phenoxy) is 1. The number of hydrogen-bond donors (Lipinski definition) is 0. The van der Waals surface area contributed by atoms with Gasteiger partial charge in [0, 0.05) is 5.75 Å². The van der Waals surface area contributed by atoms with Gasteiger partial charge in [-0.25, -0.2) is 0 Å². The predicted molar refractivity (Wildman–Crippen MR) is 166 cm³/mol. The molecule has 0 aromatic heterocycles. The maximum absolute atomic E-state index is 12.3. The second kappa shape index (κ2) is 24.1. The van der Waals surface area contributed by atoms with Crippen molar-refractivity contribution in [1.29, 1.82) is 0 Å². The largest absolute Gasteiger partial charge is 0.465 e. The molecule has 0 heterocycles. The van der Waals surface area contributed by atoms with E-state index in [2.05, 4.69) is 39.8 Å². The average Bonchev–Trinajstić information content (AvgIpc) is 2.90. The van der Waals surface area contributed by atoms with Crippen molar-refractivity contribution in [3.8, 4) is 0 Å². The summed E-state index contributed by atoms with van der Waals surface area (Å²) in [6.45, 7) is 9.72. The van der Waals surface area contributed by atoms with Crippen LogP contribution in [0.5, 0.6) is 0 Å². The van der Waals surface area contributed by atoms with Crippen molar-refractivity contribution in [1.82, 2.24) is 0 Å². The van der Waals surface area contributed by atoms with Gasteiger partial charge in [0.15, 0.2) is 0 Å². The highest BCUT2D eigenvalue weighted by Gasteiger charge is 2.14. The van der Waals surface area contributed by atoms with E-state index in [1.54, 1.807) is 28.5 Å². The lowest BCUT2D eigenvalue weighted by Gasteiger charge is -2.19. The lowest BCUT2D eigenvalue weighted by Crippen LogP contribution is -2.09. The van der Waals surface area contributed by atoms with Crippen molar-refractivity contribution in [2.45, 2.75) is 162 Å². The van der Waals surface area contributed by atoms with Crippen LogP contribution in [0.25, 0.3) is 0 Å². The van der Waals surface area contributed by atoms with Crippen molar-refractivity contribution in [2.24, 2.45) is 0 Å². The second-order valence-electron chi connectivity index (χ2n) is 10.9. The molecular formula is C34H60O2S. The first-order valence-electron chi connectivity index (χ1n) is 16.0. The predicted octanol–water partition coefficient (Wildman–Crippen LogP) is 10.8. The zero-order chi connectivity index (χ0) is 27.0.